The van der Waals surface area contributed by atoms with Crippen LogP contribution in [0.4, 0.5) is 5.69 Å². The van der Waals surface area contributed by atoms with Gasteiger partial charge in [-0.25, -0.2) is 0 Å². The van der Waals surface area contributed by atoms with Crippen LogP contribution in [0.2, 0.25) is 0 Å². The number of hydrogen-bond acceptors (Lipinski definition) is 4. The zero-order valence-corrected chi connectivity index (χ0v) is 11.7. The smallest absolute Gasteiger partial charge is 0.269 e. The van der Waals surface area contributed by atoms with Gasteiger partial charge in [-0.1, -0.05) is 31.9 Å². The molecule has 110 valence electrons. The molecule has 0 unspecified atom stereocenters. The topological polar surface area (TPSA) is 98.3 Å². The highest BCUT2D eigenvalue weighted by molar-refractivity contribution is 5.81. The van der Waals surface area contributed by atoms with E-state index >= 15 is 0 Å². The first-order valence-corrected chi connectivity index (χ1v) is 6.81. The van der Waals surface area contributed by atoms with Gasteiger partial charge in [-0.05, 0) is 18.4 Å². The summed E-state index contributed by atoms with van der Waals surface area (Å²) in [7, 11) is 0. The fourth-order valence-corrected chi connectivity index (χ4v) is 1.82. The normalized spacial score (nSPS) is 11.9. The Morgan fingerprint density at radius 2 is 2.00 bits per heavy atom. The number of rotatable bonds is 8. The number of non-ortho nitro benzene ring substituents is 1. The Hall–Kier alpha value is -1.95. The number of nitro groups is 1. The van der Waals surface area contributed by atoms with Gasteiger partial charge in [0.25, 0.3) is 5.69 Å². The highest BCUT2D eigenvalue weighted by atomic mass is 16.6. The van der Waals surface area contributed by atoms with Crippen LogP contribution in [0.3, 0.4) is 0 Å². The van der Waals surface area contributed by atoms with Crippen LogP contribution in [0, 0.1) is 10.1 Å². The van der Waals surface area contributed by atoms with Crippen molar-refractivity contribution in [2.75, 3.05) is 6.54 Å². The molecule has 0 spiro atoms. The Balaban J connectivity index is 2.42. The quantitative estimate of drug-likeness (QED) is 0.430. The minimum absolute atomic E-state index is 0.0336. The number of carbonyl (C=O) groups is 1. The number of nitrogens with zero attached hydrogens (tertiary/aromatic N) is 1. The maximum absolute atomic E-state index is 11.7. The zero-order chi connectivity index (χ0) is 15.0. The second-order valence-electron chi connectivity index (χ2n) is 4.73. The monoisotopic (exact) mass is 279 g/mol. The first-order chi connectivity index (χ1) is 9.54. The Morgan fingerprint density at radius 3 is 2.55 bits per heavy atom. The molecule has 0 radical (unpaired) electrons. The van der Waals surface area contributed by atoms with Crippen molar-refractivity contribution in [1.29, 1.82) is 0 Å². The molecule has 1 rings (SSSR count). The molecule has 0 aliphatic heterocycles. The fourth-order valence-electron chi connectivity index (χ4n) is 1.82. The molecule has 0 heterocycles. The van der Waals surface area contributed by atoms with E-state index in [1.165, 1.54) is 12.1 Å². The zero-order valence-electron chi connectivity index (χ0n) is 11.7. The maximum atomic E-state index is 11.7. The van der Waals surface area contributed by atoms with Crippen LogP contribution >= 0.6 is 0 Å². The molecule has 0 aliphatic rings. The third-order valence-corrected chi connectivity index (χ3v) is 3.02. The highest BCUT2D eigenvalue weighted by Gasteiger charge is 2.14. The van der Waals surface area contributed by atoms with Gasteiger partial charge in [-0.3, -0.25) is 14.9 Å². The first kappa shape index (κ1) is 16.1. The maximum Gasteiger partial charge on any atom is 0.269 e. The molecule has 1 amide bonds. The van der Waals surface area contributed by atoms with Gasteiger partial charge in [0, 0.05) is 18.7 Å². The van der Waals surface area contributed by atoms with E-state index in [4.69, 9.17) is 5.73 Å². The van der Waals surface area contributed by atoms with Gasteiger partial charge in [-0.2, -0.15) is 0 Å². The van der Waals surface area contributed by atoms with Gasteiger partial charge < -0.3 is 11.1 Å². The average Bonchev–Trinajstić information content (AvgIpc) is 2.44. The number of nitro benzene ring substituents is 1. The summed E-state index contributed by atoms with van der Waals surface area (Å²) in [6.45, 7) is 2.74. The minimum atomic E-state index is -0.627. The summed E-state index contributed by atoms with van der Waals surface area (Å²) in [5, 5.41) is 13.3. The predicted octanol–water partition coefficient (Wildman–Crippen LogP) is 1.77. The lowest BCUT2D eigenvalue weighted by molar-refractivity contribution is -0.384. The molecule has 20 heavy (non-hydrogen) atoms. The molecular formula is C14H21N3O3. The SMILES string of the molecule is CCCCCNC(=O)[C@@H](N)Cc1ccc([N+](=O)[O-])cc1. The molecule has 0 fully saturated rings. The summed E-state index contributed by atoms with van der Waals surface area (Å²) in [5.41, 5.74) is 6.66. The molecule has 0 bridgehead atoms. The van der Waals surface area contributed by atoms with Gasteiger partial charge in [-0.15, -0.1) is 0 Å². The third kappa shape index (κ3) is 5.36. The Labute approximate surface area is 118 Å². The van der Waals surface area contributed by atoms with Crippen LogP contribution in [0.15, 0.2) is 24.3 Å². The Kier molecular flexibility index (Phi) is 6.66. The minimum Gasteiger partial charge on any atom is -0.355 e. The van der Waals surface area contributed by atoms with Gasteiger partial charge in [0.1, 0.15) is 0 Å². The number of hydrogen-bond donors (Lipinski definition) is 2. The Bertz CT molecular complexity index is 445. The summed E-state index contributed by atoms with van der Waals surface area (Å²) < 4.78 is 0. The molecule has 3 N–H and O–H groups in total. The van der Waals surface area contributed by atoms with Crippen LogP contribution < -0.4 is 11.1 Å². The molecule has 6 nitrogen and oxygen atoms in total. The van der Waals surface area contributed by atoms with Crippen molar-refractivity contribution in [3.8, 4) is 0 Å². The molecule has 1 aromatic carbocycles. The van der Waals surface area contributed by atoms with Crippen LogP contribution in [0.5, 0.6) is 0 Å². The average molecular weight is 279 g/mol. The second kappa shape index (κ2) is 8.27. The van der Waals surface area contributed by atoms with Crippen molar-refractivity contribution < 1.29 is 9.72 Å². The molecule has 0 saturated carbocycles. The molecule has 0 aliphatic carbocycles. The van der Waals surface area contributed by atoms with Crippen molar-refractivity contribution in [2.24, 2.45) is 5.73 Å². The van der Waals surface area contributed by atoms with Gasteiger partial charge in [0.15, 0.2) is 0 Å². The molecular weight excluding hydrogens is 258 g/mol. The van der Waals surface area contributed by atoms with Crippen molar-refractivity contribution in [3.05, 3.63) is 39.9 Å². The lowest BCUT2D eigenvalue weighted by Crippen LogP contribution is -2.42. The van der Waals surface area contributed by atoms with E-state index in [2.05, 4.69) is 12.2 Å². The number of benzene rings is 1. The summed E-state index contributed by atoms with van der Waals surface area (Å²) in [6, 6.07) is 5.46. The van der Waals surface area contributed by atoms with E-state index in [-0.39, 0.29) is 11.6 Å². The summed E-state index contributed by atoms with van der Waals surface area (Å²) in [4.78, 5) is 21.8. The molecule has 1 atom stereocenters. The van der Waals surface area contributed by atoms with Crippen molar-refractivity contribution in [2.45, 2.75) is 38.6 Å². The second-order valence-corrected chi connectivity index (χ2v) is 4.73. The molecule has 6 heteroatoms. The van der Waals surface area contributed by atoms with E-state index in [0.717, 1.165) is 24.8 Å². The summed E-state index contributed by atoms with van der Waals surface area (Å²) in [6.07, 6.45) is 3.51. The van der Waals surface area contributed by atoms with Crippen LogP contribution in [-0.4, -0.2) is 23.4 Å². The summed E-state index contributed by atoms with van der Waals surface area (Å²) in [5.74, 6) is -0.181. The predicted molar refractivity (Wildman–Crippen MR) is 77.3 cm³/mol. The third-order valence-electron chi connectivity index (χ3n) is 3.02. The van der Waals surface area contributed by atoms with E-state index in [1.807, 2.05) is 0 Å². The fraction of sp³-hybridized carbons (Fsp3) is 0.500. The van der Waals surface area contributed by atoms with Gasteiger partial charge in [0.2, 0.25) is 5.91 Å². The standard InChI is InChI=1S/C14H21N3O3/c1-2-3-4-9-16-14(18)13(15)10-11-5-7-12(8-6-11)17(19)20/h5-8,13H,2-4,9-10,15H2,1H3,(H,16,18)/t13-/m0/s1. The molecule has 0 saturated heterocycles. The number of carbonyl (C=O) groups excluding carboxylic acids is 1. The molecule has 1 aromatic rings. The van der Waals surface area contributed by atoms with Crippen molar-refractivity contribution >= 4 is 11.6 Å². The Morgan fingerprint density at radius 1 is 1.35 bits per heavy atom. The van der Waals surface area contributed by atoms with E-state index < -0.39 is 11.0 Å². The van der Waals surface area contributed by atoms with E-state index in [0.29, 0.717) is 13.0 Å². The molecule has 0 aromatic heterocycles. The number of unbranched alkanes of at least 4 members (excludes halogenated alkanes) is 2. The lowest BCUT2D eigenvalue weighted by atomic mass is 10.1. The van der Waals surface area contributed by atoms with Crippen LogP contribution in [0.1, 0.15) is 31.7 Å². The van der Waals surface area contributed by atoms with Gasteiger partial charge in [0.05, 0.1) is 11.0 Å². The van der Waals surface area contributed by atoms with Crippen LogP contribution in [-0.2, 0) is 11.2 Å². The van der Waals surface area contributed by atoms with Crippen molar-refractivity contribution in [3.63, 3.8) is 0 Å². The highest BCUT2D eigenvalue weighted by Crippen LogP contribution is 2.12. The van der Waals surface area contributed by atoms with E-state index in [1.54, 1.807) is 12.1 Å². The number of nitrogens with one attached hydrogen (secondary N) is 1. The summed E-state index contributed by atoms with van der Waals surface area (Å²) >= 11 is 0. The van der Waals surface area contributed by atoms with Crippen LogP contribution in [0.25, 0.3) is 0 Å². The van der Waals surface area contributed by atoms with Crippen molar-refractivity contribution in [1.82, 2.24) is 5.32 Å². The van der Waals surface area contributed by atoms with Gasteiger partial charge >= 0.3 is 0 Å². The largest absolute Gasteiger partial charge is 0.355 e. The first-order valence-electron chi connectivity index (χ1n) is 6.81. The van der Waals surface area contributed by atoms with E-state index in [9.17, 15) is 14.9 Å². The number of amides is 1. The number of nitrogens with two attached hydrogens (primary N) is 1. The lowest BCUT2D eigenvalue weighted by Gasteiger charge is -2.12.